The summed E-state index contributed by atoms with van der Waals surface area (Å²) in [5.41, 5.74) is 5.39. The number of benzene rings is 2. The molecule has 4 heteroatoms. The number of pyridine rings is 1. The Balaban J connectivity index is 1.69. The maximum Gasteiger partial charge on any atom is 0.252 e. The van der Waals surface area contributed by atoms with Crippen molar-refractivity contribution in [1.29, 1.82) is 0 Å². The zero-order valence-electron chi connectivity index (χ0n) is 14.7. The van der Waals surface area contributed by atoms with Gasteiger partial charge in [-0.25, -0.2) is 0 Å². The van der Waals surface area contributed by atoms with E-state index in [4.69, 9.17) is 16.3 Å². The number of ether oxygens (including phenoxy) is 1. The number of aromatic nitrogens is 1. The van der Waals surface area contributed by atoms with E-state index in [0.717, 1.165) is 41.0 Å². The molecule has 2 heterocycles. The van der Waals surface area contributed by atoms with Gasteiger partial charge in [-0.2, -0.15) is 0 Å². The van der Waals surface area contributed by atoms with Crippen LogP contribution in [0.1, 0.15) is 23.6 Å². The highest BCUT2D eigenvalue weighted by Gasteiger charge is 2.22. The zero-order valence-corrected chi connectivity index (χ0v) is 15.4. The van der Waals surface area contributed by atoms with E-state index < -0.39 is 0 Å². The third-order valence-electron chi connectivity index (χ3n) is 4.90. The van der Waals surface area contributed by atoms with Gasteiger partial charge in [0.2, 0.25) is 0 Å². The van der Waals surface area contributed by atoms with Crippen molar-refractivity contribution in [3.63, 3.8) is 0 Å². The Morgan fingerprint density at radius 3 is 2.69 bits per heavy atom. The van der Waals surface area contributed by atoms with Crippen molar-refractivity contribution in [1.82, 2.24) is 4.57 Å². The number of fused-ring (bicyclic) bond motifs is 3. The Kier molecular flexibility index (Phi) is 4.56. The zero-order chi connectivity index (χ0) is 18.1. The van der Waals surface area contributed by atoms with Gasteiger partial charge in [0.05, 0.1) is 10.7 Å². The predicted octanol–water partition coefficient (Wildman–Crippen LogP) is 4.87. The van der Waals surface area contributed by atoms with Crippen molar-refractivity contribution in [2.75, 3.05) is 0 Å². The highest BCUT2D eigenvalue weighted by atomic mass is 35.5. The van der Waals surface area contributed by atoms with E-state index in [1.54, 1.807) is 0 Å². The molecule has 1 aromatic heterocycles. The fourth-order valence-electron chi connectivity index (χ4n) is 3.60. The van der Waals surface area contributed by atoms with E-state index >= 15 is 0 Å². The van der Waals surface area contributed by atoms with Gasteiger partial charge < -0.3 is 9.30 Å². The van der Waals surface area contributed by atoms with Crippen LogP contribution in [0.2, 0.25) is 5.02 Å². The lowest BCUT2D eigenvalue weighted by Crippen LogP contribution is -2.27. The van der Waals surface area contributed by atoms with E-state index in [1.165, 1.54) is 11.6 Å². The summed E-state index contributed by atoms with van der Waals surface area (Å²) in [6, 6.07) is 17.8. The number of hydrogen-bond acceptors (Lipinski definition) is 2. The average Bonchev–Trinajstić information content (AvgIpc) is 2.67. The quantitative estimate of drug-likeness (QED) is 0.660. The first-order valence-corrected chi connectivity index (χ1v) is 9.27. The molecule has 1 aliphatic heterocycles. The number of aryl methyl sites for hydroxylation is 1. The summed E-state index contributed by atoms with van der Waals surface area (Å²) in [5.74, 6) is 0.850. The molecule has 4 rings (SSSR count). The normalized spacial score (nSPS) is 12.4. The Labute approximate surface area is 157 Å². The fraction of sp³-hybridized carbons (Fsp3) is 0.227. The SMILES string of the molecule is CCc1c(Cl)cc(=O)n2c1-c1ccc(OCc3ccccc3)cc1CC2. The summed E-state index contributed by atoms with van der Waals surface area (Å²) in [4.78, 5) is 12.3. The molecule has 26 heavy (non-hydrogen) atoms. The summed E-state index contributed by atoms with van der Waals surface area (Å²) in [6.45, 7) is 3.29. The molecule has 0 unspecified atom stereocenters. The predicted molar refractivity (Wildman–Crippen MR) is 105 cm³/mol. The largest absolute Gasteiger partial charge is 0.489 e. The van der Waals surface area contributed by atoms with Gasteiger partial charge >= 0.3 is 0 Å². The maximum atomic E-state index is 12.3. The summed E-state index contributed by atoms with van der Waals surface area (Å²) >= 11 is 6.34. The molecule has 0 aliphatic carbocycles. The topological polar surface area (TPSA) is 31.2 Å². The highest BCUT2D eigenvalue weighted by Crippen LogP contribution is 2.36. The van der Waals surface area contributed by atoms with Crippen molar-refractivity contribution in [3.8, 4) is 17.0 Å². The van der Waals surface area contributed by atoms with Crippen LogP contribution in [0, 0.1) is 0 Å². The summed E-state index contributed by atoms with van der Waals surface area (Å²) in [5, 5.41) is 0.556. The molecular weight excluding hydrogens is 346 g/mol. The minimum absolute atomic E-state index is 0.0303. The van der Waals surface area contributed by atoms with E-state index in [2.05, 4.69) is 31.2 Å². The summed E-state index contributed by atoms with van der Waals surface area (Å²) < 4.78 is 7.80. The third-order valence-corrected chi connectivity index (χ3v) is 5.24. The smallest absolute Gasteiger partial charge is 0.252 e. The molecule has 0 radical (unpaired) electrons. The van der Waals surface area contributed by atoms with E-state index in [1.807, 2.05) is 28.8 Å². The molecule has 3 aromatic rings. The standard InChI is InChI=1S/C22H20ClNO2/c1-2-18-20(23)13-21(25)24-11-10-16-12-17(8-9-19(16)22(18)24)26-14-15-6-4-3-5-7-15/h3-9,12-13H,2,10-11,14H2,1H3. The second-order valence-electron chi connectivity index (χ2n) is 6.51. The molecule has 3 nitrogen and oxygen atoms in total. The van der Waals surface area contributed by atoms with Gasteiger partial charge in [0.15, 0.2) is 0 Å². The molecule has 0 amide bonds. The molecule has 0 spiro atoms. The van der Waals surface area contributed by atoms with Crippen LogP contribution in [0.4, 0.5) is 0 Å². The second-order valence-corrected chi connectivity index (χ2v) is 6.91. The first kappa shape index (κ1) is 16.9. The fourth-order valence-corrected chi connectivity index (χ4v) is 3.91. The molecule has 0 fully saturated rings. The lowest BCUT2D eigenvalue weighted by Gasteiger charge is -2.25. The van der Waals surface area contributed by atoms with E-state index in [-0.39, 0.29) is 5.56 Å². The average molecular weight is 366 g/mol. The molecule has 0 atom stereocenters. The molecular formula is C22H20ClNO2. The van der Waals surface area contributed by atoms with Crippen LogP contribution in [-0.2, 0) is 26.0 Å². The molecule has 0 saturated carbocycles. The van der Waals surface area contributed by atoms with Gasteiger partial charge in [0.25, 0.3) is 5.56 Å². The molecule has 1 aliphatic rings. The molecule has 0 bridgehead atoms. The number of rotatable bonds is 4. The minimum atomic E-state index is -0.0303. The van der Waals surface area contributed by atoms with Gasteiger partial charge in [0, 0.05) is 18.2 Å². The van der Waals surface area contributed by atoms with Crippen LogP contribution in [0.5, 0.6) is 5.75 Å². The number of halogens is 1. The molecule has 132 valence electrons. The number of hydrogen-bond donors (Lipinski definition) is 0. The minimum Gasteiger partial charge on any atom is -0.489 e. The van der Waals surface area contributed by atoms with Gasteiger partial charge in [0.1, 0.15) is 12.4 Å². The van der Waals surface area contributed by atoms with Crippen LogP contribution in [0.15, 0.2) is 59.4 Å². The van der Waals surface area contributed by atoms with Crippen molar-refractivity contribution in [3.05, 3.63) is 86.7 Å². The monoisotopic (exact) mass is 365 g/mol. The molecule has 0 N–H and O–H groups in total. The number of nitrogens with zero attached hydrogens (tertiary/aromatic N) is 1. The lowest BCUT2D eigenvalue weighted by atomic mass is 9.93. The Morgan fingerprint density at radius 2 is 1.92 bits per heavy atom. The maximum absolute atomic E-state index is 12.3. The summed E-state index contributed by atoms with van der Waals surface area (Å²) in [7, 11) is 0. The van der Waals surface area contributed by atoms with Gasteiger partial charge in [-0.1, -0.05) is 48.9 Å². The van der Waals surface area contributed by atoms with Crippen LogP contribution in [0.25, 0.3) is 11.3 Å². The first-order valence-electron chi connectivity index (χ1n) is 8.89. The Bertz CT molecular complexity index is 1010. The van der Waals surface area contributed by atoms with Crippen molar-refractivity contribution < 1.29 is 4.74 Å². The summed E-state index contributed by atoms with van der Waals surface area (Å²) in [6.07, 6.45) is 1.61. The lowest BCUT2D eigenvalue weighted by molar-refractivity contribution is 0.306. The molecule has 2 aromatic carbocycles. The third kappa shape index (κ3) is 3.04. The van der Waals surface area contributed by atoms with Crippen molar-refractivity contribution in [2.45, 2.75) is 32.9 Å². The van der Waals surface area contributed by atoms with Crippen molar-refractivity contribution in [2.24, 2.45) is 0 Å². The van der Waals surface area contributed by atoms with Crippen molar-refractivity contribution >= 4 is 11.6 Å². The second kappa shape index (κ2) is 7.00. The first-order chi connectivity index (χ1) is 12.7. The van der Waals surface area contributed by atoms with Crippen LogP contribution >= 0.6 is 11.6 Å². The van der Waals surface area contributed by atoms with Crippen LogP contribution < -0.4 is 10.3 Å². The van der Waals surface area contributed by atoms with Gasteiger partial charge in [-0.3, -0.25) is 4.79 Å². The van der Waals surface area contributed by atoms with Gasteiger partial charge in [-0.05, 0) is 47.7 Å². The van der Waals surface area contributed by atoms with Gasteiger partial charge in [-0.15, -0.1) is 0 Å². The molecule has 0 saturated heterocycles. The van der Waals surface area contributed by atoms with E-state index in [9.17, 15) is 4.79 Å². The van der Waals surface area contributed by atoms with Crippen LogP contribution in [-0.4, -0.2) is 4.57 Å². The Morgan fingerprint density at radius 1 is 1.12 bits per heavy atom. The van der Waals surface area contributed by atoms with Crippen LogP contribution in [0.3, 0.4) is 0 Å². The van der Waals surface area contributed by atoms with E-state index in [0.29, 0.717) is 18.2 Å². The Hall–Kier alpha value is -2.52. The highest BCUT2D eigenvalue weighted by molar-refractivity contribution is 6.31.